The van der Waals surface area contributed by atoms with E-state index in [1.165, 1.54) is 28.4 Å². The van der Waals surface area contributed by atoms with Crippen LogP contribution in [0.15, 0.2) is 35.7 Å². The second-order valence-corrected chi connectivity index (χ2v) is 9.70. The Kier molecular flexibility index (Phi) is 8.66. The van der Waals surface area contributed by atoms with E-state index in [0.717, 1.165) is 30.9 Å². The smallest absolute Gasteiger partial charge is 0.224 e. The molecule has 1 saturated heterocycles. The number of hydrogen-bond donors (Lipinski definition) is 1. The molecule has 0 spiro atoms. The third kappa shape index (κ3) is 7.07. The van der Waals surface area contributed by atoms with E-state index >= 15 is 0 Å². The molecule has 7 heteroatoms. The van der Waals surface area contributed by atoms with Gasteiger partial charge in [-0.05, 0) is 35.6 Å². The number of amides is 1. The number of ketones is 2. The molecular weight excluding hydrogens is 416 g/mol. The average Bonchev–Trinajstić information content (AvgIpc) is 3.28. The summed E-state index contributed by atoms with van der Waals surface area (Å²) >= 11 is 3.39. The van der Waals surface area contributed by atoms with E-state index in [1.54, 1.807) is 6.07 Å². The number of hydrogen-bond acceptors (Lipinski definition) is 6. The monoisotopic (exact) mass is 444 g/mol. The van der Waals surface area contributed by atoms with E-state index in [2.05, 4.69) is 22.3 Å². The number of benzene rings is 1. The van der Waals surface area contributed by atoms with E-state index in [1.807, 2.05) is 36.2 Å². The number of nitrogens with one attached hydrogen (secondary N) is 1. The number of carbonyl (C=O) groups is 3. The molecule has 30 heavy (non-hydrogen) atoms. The number of thioether (sulfide) groups is 1. The molecule has 3 rings (SSSR count). The van der Waals surface area contributed by atoms with Crippen molar-refractivity contribution >= 4 is 46.3 Å². The third-order valence-electron chi connectivity index (χ3n) is 5.13. The number of Topliss-reactive ketones (excluding diaryl/α,β-unsaturated/α-hetero) is 2. The molecule has 1 aliphatic heterocycles. The summed E-state index contributed by atoms with van der Waals surface area (Å²) in [5.74, 6) is 2.14. The molecule has 2 aromatic rings. The predicted octanol–water partition coefficient (Wildman–Crippen LogP) is 4.56. The van der Waals surface area contributed by atoms with E-state index in [0.29, 0.717) is 4.88 Å². The number of rotatable bonds is 10. The minimum Gasteiger partial charge on any atom is -0.326 e. The van der Waals surface area contributed by atoms with Gasteiger partial charge in [-0.15, -0.1) is 11.3 Å². The van der Waals surface area contributed by atoms with Gasteiger partial charge in [0.2, 0.25) is 5.91 Å². The molecule has 0 aliphatic carbocycles. The Morgan fingerprint density at radius 1 is 1.03 bits per heavy atom. The van der Waals surface area contributed by atoms with Gasteiger partial charge in [0, 0.05) is 62.5 Å². The molecule has 2 heterocycles. The summed E-state index contributed by atoms with van der Waals surface area (Å²) < 4.78 is 0. The molecule has 1 aliphatic rings. The van der Waals surface area contributed by atoms with Crippen molar-refractivity contribution in [3.63, 3.8) is 0 Å². The molecule has 1 fully saturated rings. The van der Waals surface area contributed by atoms with Gasteiger partial charge in [0.05, 0.1) is 4.88 Å². The molecule has 1 amide bonds. The maximum Gasteiger partial charge on any atom is 0.224 e. The lowest BCUT2D eigenvalue weighted by Crippen LogP contribution is -2.31. The molecule has 1 aromatic carbocycles. The van der Waals surface area contributed by atoms with Crippen LogP contribution in [0.2, 0.25) is 0 Å². The summed E-state index contributed by atoms with van der Waals surface area (Å²) in [4.78, 5) is 39.4. The lowest BCUT2D eigenvalue weighted by Gasteiger charge is -2.26. The van der Waals surface area contributed by atoms with Crippen molar-refractivity contribution in [2.24, 2.45) is 0 Å². The normalized spacial score (nSPS) is 14.4. The van der Waals surface area contributed by atoms with E-state index < -0.39 is 0 Å². The van der Waals surface area contributed by atoms with Crippen LogP contribution in [0.25, 0.3) is 0 Å². The van der Waals surface area contributed by atoms with Crippen LogP contribution in [0.1, 0.15) is 46.5 Å². The molecule has 1 aromatic heterocycles. The van der Waals surface area contributed by atoms with Crippen LogP contribution in [0.5, 0.6) is 0 Å². The van der Waals surface area contributed by atoms with Crippen LogP contribution < -0.4 is 5.32 Å². The average molecular weight is 445 g/mol. The zero-order valence-corrected chi connectivity index (χ0v) is 18.9. The van der Waals surface area contributed by atoms with Crippen molar-refractivity contribution in [1.82, 2.24) is 4.90 Å². The van der Waals surface area contributed by atoms with Gasteiger partial charge in [-0.25, -0.2) is 0 Å². The summed E-state index contributed by atoms with van der Waals surface area (Å²) in [7, 11) is 0. The van der Waals surface area contributed by atoms with Crippen molar-refractivity contribution in [2.45, 2.75) is 39.2 Å². The third-order valence-corrected chi connectivity index (χ3v) is 6.99. The van der Waals surface area contributed by atoms with Crippen molar-refractivity contribution in [2.75, 3.05) is 29.9 Å². The highest BCUT2D eigenvalue weighted by Crippen LogP contribution is 2.20. The van der Waals surface area contributed by atoms with Crippen LogP contribution in [0.3, 0.4) is 0 Å². The molecule has 0 unspecified atom stereocenters. The van der Waals surface area contributed by atoms with Crippen molar-refractivity contribution in [3.05, 3.63) is 51.7 Å². The largest absolute Gasteiger partial charge is 0.326 e. The van der Waals surface area contributed by atoms with Crippen LogP contribution in [0, 0.1) is 6.92 Å². The number of nitrogens with zero attached hydrogens (tertiary/aromatic N) is 1. The van der Waals surface area contributed by atoms with Gasteiger partial charge in [0.15, 0.2) is 5.78 Å². The van der Waals surface area contributed by atoms with E-state index in [4.69, 9.17) is 0 Å². The van der Waals surface area contributed by atoms with Gasteiger partial charge in [0.25, 0.3) is 0 Å². The molecule has 1 N–H and O–H groups in total. The molecule has 0 bridgehead atoms. The Balaban J connectivity index is 1.40. The first-order valence-corrected chi connectivity index (χ1v) is 12.3. The van der Waals surface area contributed by atoms with Gasteiger partial charge in [-0.1, -0.05) is 18.2 Å². The Labute approximate surface area is 186 Å². The first-order valence-electron chi connectivity index (χ1n) is 10.3. The SMILES string of the molecule is Cc1cc(CN2CCSCC2)ccc1NC(=O)CCC(=O)CCC(=O)c1cccs1. The zero-order chi connectivity index (χ0) is 21.3. The number of anilines is 1. The number of carbonyl (C=O) groups excluding carboxylic acids is 3. The molecule has 160 valence electrons. The summed E-state index contributed by atoms with van der Waals surface area (Å²) in [6.45, 7) is 5.17. The fourth-order valence-corrected chi connectivity index (χ4v) is 5.06. The second kappa shape index (κ2) is 11.4. The maximum atomic E-state index is 12.3. The van der Waals surface area contributed by atoms with E-state index in [9.17, 15) is 14.4 Å². The quantitative estimate of drug-likeness (QED) is 0.544. The van der Waals surface area contributed by atoms with Gasteiger partial charge >= 0.3 is 0 Å². The van der Waals surface area contributed by atoms with Crippen molar-refractivity contribution in [1.29, 1.82) is 0 Å². The van der Waals surface area contributed by atoms with Crippen molar-refractivity contribution in [3.8, 4) is 0 Å². The highest BCUT2D eigenvalue weighted by Gasteiger charge is 2.14. The summed E-state index contributed by atoms with van der Waals surface area (Å²) in [6.07, 6.45) is 0.691. The predicted molar refractivity (Wildman–Crippen MR) is 125 cm³/mol. The zero-order valence-electron chi connectivity index (χ0n) is 17.3. The summed E-state index contributed by atoms with van der Waals surface area (Å²) in [5, 5.41) is 4.76. The Morgan fingerprint density at radius 3 is 2.50 bits per heavy atom. The Morgan fingerprint density at radius 2 is 1.80 bits per heavy atom. The number of thiophene rings is 1. The fraction of sp³-hybridized carbons (Fsp3) is 0.435. The lowest BCUT2D eigenvalue weighted by molar-refractivity contribution is -0.122. The van der Waals surface area contributed by atoms with Crippen LogP contribution >= 0.6 is 23.1 Å². The topological polar surface area (TPSA) is 66.5 Å². The number of aryl methyl sites for hydroxylation is 1. The first-order chi connectivity index (χ1) is 14.5. The van der Waals surface area contributed by atoms with Gasteiger partial charge in [-0.2, -0.15) is 11.8 Å². The minimum absolute atomic E-state index is 0.0122. The highest BCUT2D eigenvalue weighted by atomic mass is 32.2. The minimum atomic E-state index is -0.170. The standard InChI is InChI=1S/C23H28N2O3S2/c1-17-15-18(16-25-10-13-29-14-11-25)4-7-20(17)24-23(28)9-6-19(26)5-8-21(27)22-3-2-12-30-22/h2-4,7,12,15H,5-6,8-11,13-14,16H2,1H3,(H,24,28). The second-order valence-electron chi connectivity index (χ2n) is 7.53. The summed E-state index contributed by atoms with van der Waals surface area (Å²) in [6, 6.07) is 9.72. The molecular formula is C23H28N2O3S2. The van der Waals surface area contributed by atoms with Crippen LogP contribution in [0.4, 0.5) is 5.69 Å². The highest BCUT2D eigenvalue weighted by molar-refractivity contribution is 7.99. The Bertz CT molecular complexity index is 875. The van der Waals surface area contributed by atoms with Crippen LogP contribution in [-0.2, 0) is 16.1 Å². The molecule has 0 radical (unpaired) electrons. The maximum absolute atomic E-state index is 12.3. The van der Waals surface area contributed by atoms with Gasteiger partial charge < -0.3 is 5.32 Å². The molecule has 5 nitrogen and oxygen atoms in total. The first kappa shape index (κ1) is 22.7. The molecule has 0 atom stereocenters. The summed E-state index contributed by atoms with van der Waals surface area (Å²) in [5.41, 5.74) is 3.07. The fourth-order valence-electron chi connectivity index (χ4n) is 3.39. The molecule has 0 saturated carbocycles. The van der Waals surface area contributed by atoms with Gasteiger partial charge in [-0.3, -0.25) is 19.3 Å². The van der Waals surface area contributed by atoms with E-state index in [-0.39, 0.29) is 43.2 Å². The van der Waals surface area contributed by atoms with Crippen LogP contribution in [-0.4, -0.2) is 47.0 Å². The lowest BCUT2D eigenvalue weighted by atomic mass is 10.1. The van der Waals surface area contributed by atoms with Gasteiger partial charge in [0.1, 0.15) is 5.78 Å². The van der Waals surface area contributed by atoms with Crippen molar-refractivity contribution < 1.29 is 14.4 Å². The Hall–Kier alpha value is -1.96.